The third kappa shape index (κ3) is 4.62. The molecule has 2 aliphatic rings. The van der Waals surface area contributed by atoms with Crippen molar-refractivity contribution in [3.63, 3.8) is 0 Å². The summed E-state index contributed by atoms with van der Waals surface area (Å²) in [5.41, 5.74) is -7.54. The highest BCUT2D eigenvalue weighted by Crippen LogP contribution is 2.55. The molecular weight excluding hydrogens is 560 g/mol. The quantitative estimate of drug-likeness (QED) is 0.405. The lowest BCUT2D eigenvalue weighted by Crippen LogP contribution is -2.50. The molecule has 4 rings (SSSR count). The third-order valence-corrected chi connectivity index (χ3v) is 7.33. The Morgan fingerprint density at radius 2 is 1.67 bits per heavy atom. The standard InChI is InChI=1S/C21H13Cl2F7N4OS/c22-13-3-10(19(24,20(25,26)27)21(28,29)30)4-14(23)17(13)34-8-9(7-32-34)15-5-12(16(6-31)36-15)18(35)33-11-1-2-11/h3-5,7,9,11H,1-2,8H2,(H,33,35). The fourth-order valence-corrected chi connectivity index (χ4v) is 5.28. The van der Waals surface area contributed by atoms with E-state index in [9.17, 15) is 40.8 Å². The van der Waals surface area contributed by atoms with Crippen LogP contribution in [0.25, 0.3) is 0 Å². The molecule has 1 aliphatic heterocycles. The zero-order valence-electron chi connectivity index (χ0n) is 17.6. The number of thiophene rings is 1. The van der Waals surface area contributed by atoms with Crippen LogP contribution in [0.3, 0.4) is 0 Å². The largest absolute Gasteiger partial charge is 0.435 e. The van der Waals surface area contributed by atoms with Crippen LogP contribution < -0.4 is 10.3 Å². The number of rotatable bonds is 5. The summed E-state index contributed by atoms with van der Waals surface area (Å²) in [6.07, 6.45) is -9.54. The van der Waals surface area contributed by atoms with E-state index in [1.807, 2.05) is 6.07 Å². The summed E-state index contributed by atoms with van der Waals surface area (Å²) in [5, 5.41) is 16.0. The molecule has 1 N–H and O–H groups in total. The van der Waals surface area contributed by atoms with Gasteiger partial charge in [-0.3, -0.25) is 9.80 Å². The molecule has 1 aliphatic carbocycles. The lowest BCUT2D eigenvalue weighted by Gasteiger charge is -2.31. The van der Waals surface area contributed by atoms with Crippen molar-refractivity contribution in [1.82, 2.24) is 5.32 Å². The van der Waals surface area contributed by atoms with Crippen LogP contribution in [0.5, 0.6) is 0 Å². The van der Waals surface area contributed by atoms with E-state index in [4.69, 9.17) is 23.2 Å². The van der Waals surface area contributed by atoms with Crippen LogP contribution in [0, 0.1) is 11.3 Å². The zero-order chi connectivity index (χ0) is 26.6. The Bertz CT molecular complexity index is 1240. The fourth-order valence-electron chi connectivity index (χ4n) is 3.59. The van der Waals surface area contributed by atoms with Gasteiger partial charge in [-0.25, -0.2) is 4.39 Å². The van der Waals surface area contributed by atoms with Gasteiger partial charge in [0.1, 0.15) is 10.9 Å². The second-order valence-corrected chi connectivity index (χ2v) is 10.0. The molecule has 0 bridgehead atoms. The molecule has 0 radical (unpaired) electrons. The SMILES string of the molecule is N#Cc1sc(C2C=NN(c3c(Cl)cc(C(F)(C(F)(F)F)C(F)(F)F)cc3Cl)C2)cc1C(=O)NC1CC1. The predicted molar refractivity (Wildman–Crippen MR) is 119 cm³/mol. The summed E-state index contributed by atoms with van der Waals surface area (Å²) in [6, 6.07) is 3.98. The summed E-state index contributed by atoms with van der Waals surface area (Å²) in [4.78, 5) is 13.2. The van der Waals surface area contributed by atoms with Gasteiger partial charge in [-0.1, -0.05) is 23.2 Å². The number of halogens is 9. The van der Waals surface area contributed by atoms with Crippen molar-refractivity contribution in [1.29, 1.82) is 5.26 Å². The first-order valence-electron chi connectivity index (χ1n) is 10.2. The Morgan fingerprint density at radius 3 is 2.17 bits per heavy atom. The van der Waals surface area contributed by atoms with Gasteiger partial charge in [-0.15, -0.1) is 11.3 Å². The first kappa shape index (κ1) is 26.5. The van der Waals surface area contributed by atoms with Crippen molar-refractivity contribution in [2.45, 2.75) is 42.8 Å². The van der Waals surface area contributed by atoms with E-state index < -0.39 is 45.5 Å². The number of carbonyl (C=O) groups is 1. The molecule has 1 amide bonds. The number of anilines is 1. The molecule has 1 unspecified atom stereocenters. The number of amides is 1. The van der Waals surface area contributed by atoms with Gasteiger partial charge in [0.25, 0.3) is 5.91 Å². The second-order valence-electron chi connectivity index (χ2n) is 8.15. The van der Waals surface area contributed by atoms with Crippen LogP contribution in [0.2, 0.25) is 10.0 Å². The van der Waals surface area contributed by atoms with Crippen molar-refractivity contribution in [3.05, 3.63) is 49.1 Å². The summed E-state index contributed by atoms with van der Waals surface area (Å²) in [6.45, 7) is -0.00678. The van der Waals surface area contributed by atoms with Crippen molar-refractivity contribution in [2.24, 2.45) is 5.10 Å². The minimum Gasteiger partial charge on any atom is -0.349 e. The normalized spacial score (nSPS) is 18.4. The van der Waals surface area contributed by atoms with Gasteiger partial charge in [-0.2, -0.15) is 36.7 Å². The van der Waals surface area contributed by atoms with E-state index >= 15 is 0 Å². The van der Waals surface area contributed by atoms with Gasteiger partial charge in [0.15, 0.2) is 0 Å². The van der Waals surface area contributed by atoms with Crippen LogP contribution >= 0.6 is 34.5 Å². The van der Waals surface area contributed by atoms with Gasteiger partial charge in [0, 0.05) is 22.7 Å². The smallest absolute Gasteiger partial charge is 0.349 e. The number of hydrogen-bond acceptors (Lipinski definition) is 5. The van der Waals surface area contributed by atoms with Gasteiger partial charge in [-0.05, 0) is 31.0 Å². The highest BCUT2D eigenvalue weighted by molar-refractivity contribution is 7.13. The minimum absolute atomic E-state index is 0.00678. The molecule has 192 valence electrons. The predicted octanol–water partition coefficient (Wildman–Crippen LogP) is 6.70. The number of hydrogen-bond donors (Lipinski definition) is 1. The Balaban J connectivity index is 1.61. The van der Waals surface area contributed by atoms with Crippen LogP contribution in [0.1, 0.15) is 44.4 Å². The molecule has 15 heteroatoms. The number of nitriles is 1. The third-order valence-electron chi connectivity index (χ3n) is 5.58. The maximum atomic E-state index is 14.4. The van der Waals surface area contributed by atoms with Crippen molar-refractivity contribution >= 4 is 52.3 Å². The van der Waals surface area contributed by atoms with E-state index in [1.165, 1.54) is 12.3 Å². The summed E-state index contributed by atoms with van der Waals surface area (Å²) < 4.78 is 93.2. The van der Waals surface area contributed by atoms with E-state index in [2.05, 4.69) is 10.4 Å². The lowest BCUT2D eigenvalue weighted by molar-refractivity contribution is -0.348. The molecule has 1 aromatic carbocycles. The Kier molecular flexibility index (Phi) is 6.68. The van der Waals surface area contributed by atoms with Crippen LogP contribution in [-0.2, 0) is 5.67 Å². The molecule has 2 aromatic rings. The van der Waals surface area contributed by atoms with Crippen LogP contribution in [0.15, 0.2) is 23.3 Å². The molecular formula is C21H13Cl2F7N4OS. The van der Waals surface area contributed by atoms with E-state index in [0.717, 1.165) is 29.2 Å². The van der Waals surface area contributed by atoms with E-state index in [0.29, 0.717) is 4.88 Å². The lowest BCUT2D eigenvalue weighted by atomic mass is 9.94. The molecule has 1 saturated carbocycles. The topological polar surface area (TPSA) is 68.5 Å². The highest BCUT2D eigenvalue weighted by Gasteiger charge is 2.73. The van der Waals surface area contributed by atoms with Gasteiger partial charge in [0.2, 0.25) is 0 Å². The van der Waals surface area contributed by atoms with Crippen molar-refractivity contribution in [3.8, 4) is 6.07 Å². The van der Waals surface area contributed by atoms with Crippen LogP contribution in [-0.4, -0.2) is 37.1 Å². The zero-order valence-corrected chi connectivity index (χ0v) is 20.0. The number of carbonyl (C=O) groups excluding carboxylic acids is 1. The molecule has 1 aromatic heterocycles. The number of alkyl halides is 7. The average Bonchev–Trinajstić information content (AvgIpc) is 3.27. The minimum atomic E-state index is -6.32. The fraction of sp³-hybridized carbons (Fsp3) is 0.381. The molecule has 0 spiro atoms. The Hall–Kier alpha value is -2.56. The summed E-state index contributed by atoms with van der Waals surface area (Å²) in [5.74, 6) is -0.893. The van der Waals surface area contributed by atoms with Crippen LogP contribution in [0.4, 0.5) is 36.4 Å². The van der Waals surface area contributed by atoms with Crippen molar-refractivity contribution in [2.75, 3.05) is 11.6 Å². The van der Waals surface area contributed by atoms with Gasteiger partial charge < -0.3 is 5.32 Å². The second kappa shape index (κ2) is 9.08. The first-order valence-corrected chi connectivity index (χ1v) is 11.7. The van der Waals surface area contributed by atoms with Gasteiger partial charge in [0.05, 0.1) is 33.8 Å². The maximum Gasteiger partial charge on any atom is 0.435 e. The monoisotopic (exact) mass is 572 g/mol. The number of hydrazone groups is 1. The molecule has 2 heterocycles. The van der Waals surface area contributed by atoms with E-state index in [1.54, 1.807) is 0 Å². The number of benzene rings is 1. The highest BCUT2D eigenvalue weighted by atomic mass is 35.5. The number of nitrogens with one attached hydrogen (secondary N) is 1. The first-order chi connectivity index (χ1) is 16.7. The number of nitrogens with zero attached hydrogens (tertiary/aromatic N) is 3. The molecule has 0 saturated heterocycles. The Labute approximate surface area is 213 Å². The van der Waals surface area contributed by atoms with E-state index in [-0.39, 0.29) is 40.8 Å². The molecule has 1 fully saturated rings. The molecule has 5 nitrogen and oxygen atoms in total. The summed E-state index contributed by atoms with van der Waals surface area (Å²) in [7, 11) is 0. The van der Waals surface area contributed by atoms with Crippen molar-refractivity contribution < 1.29 is 35.5 Å². The Morgan fingerprint density at radius 1 is 1.08 bits per heavy atom. The molecule has 36 heavy (non-hydrogen) atoms. The average molecular weight is 573 g/mol. The maximum absolute atomic E-state index is 14.4. The summed E-state index contributed by atoms with van der Waals surface area (Å²) >= 11 is 13.0. The molecule has 1 atom stereocenters. The van der Waals surface area contributed by atoms with Gasteiger partial charge >= 0.3 is 18.0 Å².